The van der Waals surface area contributed by atoms with Crippen LogP contribution in [-0.2, 0) is 29.4 Å². The predicted octanol–water partition coefficient (Wildman–Crippen LogP) is 6.34. The Bertz CT molecular complexity index is 1320. The monoisotopic (exact) mass is 508 g/mol. The van der Waals surface area contributed by atoms with Gasteiger partial charge in [0.25, 0.3) is 10.0 Å². The predicted molar refractivity (Wildman–Crippen MR) is 144 cm³/mol. The molecule has 190 valence electrons. The van der Waals surface area contributed by atoms with Gasteiger partial charge < -0.3 is 9.64 Å². The second-order valence-corrected chi connectivity index (χ2v) is 10.9. The number of aryl methyl sites for hydroxylation is 2. The maximum Gasteiger partial charge on any atom is 0.262 e. The van der Waals surface area contributed by atoms with Crippen LogP contribution in [0.5, 0.6) is 5.75 Å². The van der Waals surface area contributed by atoms with Gasteiger partial charge in [-0.2, -0.15) is 0 Å². The molecule has 0 saturated heterocycles. The lowest BCUT2D eigenvalue weighted by molar-refractivity contribution is 0.416. The summed E-state index contributed by atoms with van der Waals surface area (Å²) in [4.78, 5) is 2.15. The van der Waals surface area contributed by atoms with Gasteiger partial charge >= 0.3 is 0 Å². The van der Waals surface area contributed by atoms with Crippen molar-refractivity contribution in [1.29, 1.82) is 0 Å². The molecule has 0 fully saturated rings. The highest BCUT2D eigenvalue weighted by atomic mass is 32.2. The van der Waals surface area contributed by atoms with E-state index >= 15 is 0 Å². The molecule has 7 heteroatoms. The molecule has 1 atom stereocenters. The highest BCUT2D eigenvalue weighted by Crippen LogP contribution is 2.35. The molecule has 0 amide bonds. The van der Waals surface area contributed by atoms with Gasteiger partial charge in [0, 0.05) is 19.3 Å². The summed E-state index contributed by atoms with van der Waals surface area (Å²) in [5.74, 6) is 0.790. The quantitative estimate of drug-likeness (QED) is 0.285. The minimum absolute atomic E-state index is 0.173. The zero-order valence-corrected chi connectivity index (χ0v) is 21.8. The number of rotatable bonds is 8. The Hall–Kier alpha value is -3.32. The van der Waals surface area contributed by atoms with Gasteiger partial charge in [0.05, 0.1) is 17.7 Å². The van der Waals surface area contributed by atoms with Crippen LogP contribution in [0.1, 0.15) is 36.5 Å². The van der Waals surface area contributed by atoms with Crippen molar-refractivity contribution in [3.05, 3.63) is 95.3 Å². The zero-order valence-electron chi connectivity index (χ0n) is 21.0. The number of sulfonamides is 1. The summed E-state index contributed by atoms with van der Waals surface area (Å²) in [6.07, 6.45) is 8.33. The van der Waals surface area contributed by atoms with Crippen LogP contribution in [-0.4, -0.2) is 22.6 Å². The zero-order chi connectivity index (χ0) is 25.7. The largest absolute Gasteiger partial charge is 0.495 e. The lowest BCUT2D eigenvalue weighted by Crippen LogP contribution is -2.17. The van der Waals surface area contributed by atoms with E-state index in [4.69, 9.17) is 4.74 Å². The van der Waals surface area contributed by atoms with Crippen molar-refractivity contribution in [1.82, 2.24) is 0 Å². The van der Waals surface area contributed by atoms with Crippen molar-refractivity contribution in [3.8, 4) is 5.75 Å². The van der Waals surface area contributed by atoms with E-state index in [9.17, 15) is 12.8 Å². The van der Waals surface area contributed by atoms with Crippen molar-refractivity contribution in [2.24, 2.45) is 5.92 Å². The lowest BCUT2D eigenvalue weighted by atomic mass is 9.99. The van der Waals surface area contributed by atoms with Crippen LogP contribution in [0.3, 0.4) is 0 Å². The first kappa shape index (κ1) is 25.8. The molecule has 1 unspecified atom stereocenters. The Morgan fingerprint density at radius 3 is 2.28 bits per heavy atom. The minimum atomic E-state index is -3.81. The number of nitrogens with one attached hydrogen (secondary N) is 1. The highest BCUT2D eigenvalue weighted by molar-refractivity contribution is 7.92. The summed E-state index contributed by atoms with van der Waals surface area (Å²) in [7, 11) is -0.339. The van der Waals surface area contributed by atoms with Gasteiger partial charge in [-0.05, 0) is 104 Å². The Kier molecular flexibility index (Phi) is 7.99. The lowest BCUT2D eigenvalue weighted by Gasteiger charge is -2.20. The summed E-state index contributed by atoms with van der Waals surface area (Å²) in [5, 5.41) is 0. The molecule has 4 rings (SSSR count). The molecular weight excluding hydrogens is 475 g/mol. The molecule has 0 saturated carbocycles. The number of hydrogen-bond acceptors (Lipinski definition) is 4. The van der Waals surface area contributed by atoms with E-state index in [1.807, 2.05) is 31.0 Å². The number of fused-ring (bicyclic) bond motifs is 1. The molecule has 0 radical (unpaired) electrons. The van der Waals surface area contributed by atoms with Gasteiger partial charge in [-0.25, -0.2) is 12.8 Å². The molecular formula is C29H33FN2O3S. The van der Waals surface area contributed by atoms with Crippen LogP contribution in [0.4, 0.5) is 15.8 Å². The number of ether oxygens (including phenoxy) is 1. The van der Waals surface area contributed by atoms with Crippen LogP contribution < -0.4 is 14.4 Å². The van der Waals surface area contributed by atoms with Gasteiger partial charge in [0.1, 0.15) is 11.6 Å². The highest BCUT2D eigenvalue weighted by Gasteiger charge is 2.21. The summed E-state index contributed by atoms with van der Waals surface area (Å²) in [5.41, 5.74) is 4.66. The van der Waals surface area contributed by atoms with Crippen molar-refractivity contribution >= 4 is 21.4 Å². The van der Waals surface area contributed by atoms with E-state index in [1.165, 1.54) is 23.3 Å². The number of methoxy groups -OCH3 is 1. The maximum atomic E-state index is 13.2. The molecule has 3 aromatic carbocycles. The molecule has 0 aliphatic heterocycles. The van der Waals surface area contributed by atoms with E-state index in [2.05, 4.69) is 16.9 Å². The molecule has 0 aromatic heterocycles. The van der Waals surface area contributed by atoms with Crippen molar-refractivity contribution < 1.29 is 17.5 Å². The number of anilines is 2. The fraction of sp³-hybridized carbons (Fsp3) is 0.310. The molecule has 1 aliphatic rings. The third kappa shape index (κ3) is 6.08. The maximum absolute atomic E-state index is 13.2. The summed E-state index contributed by atoms with van der Waals surface area (Å²) >= 11 is 0. The first-order chi connectivity index (χ1) is 17.3. The van der Waals surface area contributed by atoms with Crippen LogP contribution in [0.15, 0.2) is 77.7 Å². The van der Waals surface area contributed by atoms with E-state index in [0.29, 0.717) is 23.9 Å². The SMILES string of the molecule is C/C=C/C1CCc2cc(NS(=O)(=O)c3ccc(N(C)Cc4ccc(F)cc4)cc3)c(OC)cc2CC1. The normalized spacial score (nSPS) is 15.8. The second-order valence-electron chi connectivity index (χ2n) is 9.27. The van der Waals surface area contributed by atoms with Gasteiger partial charge in [-0.3, -0.25) is 4.72 Å². The average molecular weight is 509 g/mol. The third-order valence-electron chi connectivity index (χ3n) is 6.72. The van der Waals surface area contributed by atoms with E-state index in [-0.39, 0.29) is 10.7 Å². The first-order valence-corrected chi connectivity index (χ1v) is 13.7. The minimum Gasteiger partial charge on any atom is -0.495 e. The molecule has 1 N–H and O–H groups in total. The van der Waals surface area contributed by atoms with Crippen molar-refractivity contribution in [3.63, 3.8) is 0 Å². The van der Waals surface area contributed by atoms with Crippen molar-refractivity contribution in [2.45, 2.75) is 44.0 Å². The number of nitrogens with zero attached hydrogens (tertiary/aromatic N) is 1. The number of hydrogen-bond donors (Lipinski definition) is 1. The molecule has 0 bridgehead atoms. The fourth-order valence-corrected chi connectivity index (χ4v) is 5.77. The smallest absolute Gasteiger partial charge is 0.262 e. The van der Waals surface area contributed by atoms with Crippen LogP contribution in [0, 0.1) is 11.7 Å². The van der Waals surface area contributed by atoms with E-state index in [0.717, 1.165) is 36.9 Å². The number of allylic oxidation sites excluding steroid dienone is 2. The Balaban J connectivity index is 1.51. The molecule has 1 aliphatic carbocycles. The second kappa shape index (κ2) is 11.2. The van der Waals surface area contributed by atoms with Gasteiger partial charge in [-0.1, -0.05) is 24.3 Å². The Morgan fingerprint density at radius 2 is 1.67 bits per heavy atom. The van der Waals surface area contributed by atoms with Crippen LogP contribution in [0.25, 0.3) is 0 Å². The first-order valence-electron chi connectivity index (χ1n) is 12.2. The van der Waals surface area contributed by atoms with Crippen LogP contribution in [0.2, 0.25) is 0 Å². The van der Waals surface area contributed by atoms with E-state index < -0.39 is 10.0 Å². The summed E-state index contributed by atoms with van der Waals surface area (Å²) in [6, 6.07) is 17.0. The number of benzene rings is 3. The third-order valence-corrected chi connectivity index (χ3v) is 8.10. The molecule has 3 aromatic rings. The number of halogens is 1. The molecule has 0 heterocycles. The van der Waals surface area contributed by atoms with Gasteiger partial charge in [-0.15, -0.1) is 0 Å². The standard InChI is InChI=1S/C29H33FN2O3S/c1-4-5-21-6-10-23-18-28(29(35-3)19-24(23)11-7-21)31-36(33,34)27-16-14-26(15-17-27)32(2)20-22-8-12-25(30)13-9-22/h4-5,8-9,12-19,21,31H,6-7,10-11,20H2,1-3H3/b5-4+. The van der Waals surface area contributed by atoms with Gasteiger partial charge in [0.2, 0.25) is 0 Å². The molecule has 36 heavy (non-hydrogen) atoms. The Morgan fingerprint density at radius 1 is 1.03 bits per heavy atom. The van der Waals surface area contributed by atoms with Crippen LogP contribution >= 0.6 is 0 Å². The van der Waals surface area contributed by atoms with E-state index in [1.54, 1.807) is 43.5 Å². The molecule has 5 nitrogen and oxygen atoms in total. The fourth-order valence-electron chi connectivity index (χ4n) is 4.71. The average Bonchev–Trinajstić information content (AvgIpc) is 3.07. The Labute approximate surface area is 213 Å². The molecule has 0 spiro atoms. The van der Waals surface area contributed by atoms with Gasteiger partial charge in [0.15, 0.2) is 0 Å². The van der Waals surface area contributed by atoms with Crippen molar-refractivity contribution in [2.75, 3.05) is 23.8 Å². The summed E-state index contributed by atoms with van der Waals surface area (Å²) < 4.78 is 47.9. The summed E-state index contributed by atoms with van der Waals surface area (Å²) in [6.45, 7) is 2.62. The topological polar surface area (TPSA) is 58.6 Å².